The summed E-state index contributed by atoms with van der Waals surface area (Å²) in [5.74, 6) is 1.43. The van der Waals surface area contributed by atoms with E-state index in [4.69, 9.17) is 4.74 Å². The molecule has 5 nitrogen and oxygen atoms in total. The lowest BCUT2D eigenvalue weighted by Crippen LogP contribution is -2.42. The molecule has 5 heteroatoms. The molecule has 1 aliphatic rings. The molecular formula is C23H28N2O3. The van der Waals surface area contributed by atoms with Crippen LogP contribution in [0.2, 0.25) is 0 Å². The summed E-state index contributed by atoms with van der Waals surface area (Å²) in [7, 11) is 1.57. The van der Waals surface area contributed by atoms with Gasteiger partial charge in [0.25, 0.3) is 11.8 Å². The highest BCUT2D eigenvalue weighted by atomic mass is 16.5. The number of ether oxygens (including phenoxy) is 1. The van der Waals surface area contributed by atoms with Crippen molar-refractivity contribution in [3.63, 3.8) is 0 Å². The third kappa shape index (κ3) is 4.53. The zero-order valence-electron chi connectivity index (χ0n) is 17.0. The van der Waals surface area contributed by atoms with Crippen molar-refractivity contribution in [1.29, 1.82) is 0 Å². The van der Waals surface area contributed by atoms with Gasteiger partial charge >= 0.3 is 0 Å². The first kappa shape index (κ1) is 19.9. The van der Waals surface area contributed by atoms with E-state index in [1.165, 1.54) is 0 Å². The van der Waals surface area contributed by atoms with E-state index in [-0.39, 0.29) is 11.8 Å². The summed E-state index contributed by atoms with van der Waals surface area (Å²) in [5.41, 5.74) is 2.67. The van der Waals surface area contributed by atoms with Gasteiger partial charge in [0.05, 0.1) is 7.11 Å². The minimum atomic E-state index is -0.230. The Bertz CT molecular complexity index is 868. The molecular weight excluding hydrogens is 352 g/mol. The number of rotatable bonds is 4. The number of piperidine rings is 1. The van der Waals surface area contributed by atoms with Crippen LogP contribution < -0.4 is 10.1 Å². The van der Waals surface area contributed by atoms with Crippen molar-refractivity contribution in [2.45, 2.75) is 27.2 Å². The molecule has 0 radical (unpaired) electrons. The van der Waals surface area contributed by atoms with E-state index in [2.05, 4.69) is 19.2 Å². The standard InChI is InChI=1S/C23H28N2O3/c1-15-10-16(2)14-25(13-15)23(27)19-9-8-17(3)21(12-19)24-22(26)18-6-5-7-20(11-18)28-4/h5-9,11-12,15-16H,10,13-14H2,1-4H3,(H,24,26). The van der Waals surface area contributed by atoms with Crippen molar-refractivity contribution in [2.75, 3.05) is 25.5 Å². The minimum Gasteiger partial charge on any atom is -0.497 e. The molecule has 0 bridgehead atoms. The minimum absolute atomic E-state index is 0.0234. The van der Waals surface area contributed by atoms with E-state index in [0.717, 1.165) is 25.1 Å². The number of carbonyl (C=O) groups is 2. The number of anilines is 1. The smallest absolute Gasteiger partial charge is 0.255 e. The summed E-state index contributed by atoms with van der Waals surface area (Å²) in [6.45, 7) is 7.85. The second-order valence-corrected chi connectivity index (χ2v) is 7.87. The van der Waals surface area contributed by atoms with E-state index in [1.54, 1.807) is 37.4 Å². The predicted molar refractivity (Wildman–Crippen MR) is 111 cm³/mol. The quantitative estimate of drug-likeness (QED) is 0.857. The summed E-state index contributed by atoms with van der Waals surface area (Å²) < 4.78 is 5.18. The molecule has 148 valence electrons. The molecule has 1 saturated heterocycles. The lowest BCUT2D eigenvalue weighted by molar-refractivity contribution is 0.0623. The lowest BCUT2D eigenvalue weighted by atomic mass is 9.91. The molecule has 0 saturated carbocycles. The zero-order chi connectivity index (χ0) is 20.3. The Morgan fingerprint density at radius 1 is 1.04 bits per heavy atom. The Morgan fingerprint density at radius 3 is 2.43 bits per heavy atom. The van der Waals surface area contributed by atoms with Gasteiger partial charge in [-0.2, -0.15) is 0 Å². The van der Waals surface area contributed by atoms with Crippen LogP contribution in [0.1, 0.15) is 46.5 Å². The molecule has 3 rings (SSSR count). The molecule has 2 unspecified atom stereocenters. The first-order valence-corrected chi connectivity index (χ1v) is 9.72. The molecule has 1 fully saturated rings. The number of aryl methyl sites for hydroxylation is 1. The lowest BCUT2D eigenvalue weighted by Gasteiger charge is -2.35. The summed E-state index contributed by atoms with van der Waals surface area (Å²) in [5, 5.41) is 2.93. The zero-order valence-corrected chi connectivity index (χ0v) is 17.0. The van der Waals surface area contributed by atoms with Crippen molar-refractivity contribution < 1.29 is 14.3 Å². The van der Waals surface area contributed by atoms with Crippen molar-refractivity contribution >= 4 is 17.5 Å². The van der Waals surface area contributed by atoms with Crippen LogP contribution in [0.15, 0.2) is 42.5 Å². The van der Waals surface area contributed by atoms with Crippen LogP contribution in [0.3, 0.4) is 0 Å². The molecule has 0 aromatic heterocycles. The maximum atomic E-state index is 13.0. The first-order valence-electron chi connectivity index (χ1n) is 9.72. The first-order chi connectivity index (χ1) is 13.4. The maximum Gasteiger partial charge on any atom is 0.255 e. The van der Waals surface area contributed by atoms with Gasteiger partial charge in [0.1, 0.15) is 5.75 Å². The fourth-order valence-electron chi connectivity index (χ4n) is 3.86. The van der Waals surface area contributed by atoms with E-state index in [0.29, 0.717) is 34.4 Å². The molecule has 0 aliphatic carbocycles. The molecule has 2 amide bonds. The van der Waals surface area contributed by atoms with Crippen LogP contribution in [-0.2, 0) is 0 Å². The Kier molecular flexibility index (Phi) is 6.02. The summed E-state index contributed by atoms with van der Waals surface area (Å²) >= 11 is 0. The number of benzene rings is 2. The monoisotopic (exact) mass is 380 g/mol. The average molecular weight is 380 g/mol. The highest BCUT2D eigenvalue weighted by molar-refractivity contribution is 6.05. The summed E-state index contributed by atoms with van der Waals surface area (Å²) in [6, 6.07) is 12.5. The van der Waals surface area contributed by atoms with Crippen molar-refractivity contribution in [3.8, 4) is 5.75 Å². The molecule has 1 N–H and O–H groups in total. The van der Waals surface area contributed by atoms with Gasteiger partial charge in [0.2, 0.25) is 0 Å². The Hall–Kier alpha value is -2.82. The topological polar surface area (TPSA) is 58.6 Å². The number of hydrogen-bond donors (Lipinski definition) is 1. The fraction of sp³-hybridized carbons (Fsp3) is 0.391. The van der Waals surface area contributed by atoms with Crippen molar-refractivity contribution in [3.05, 3.63) is 59.2 Å². The number of amides is 2. The Morgan fingerprint density at radius 2 is 1.75 bits per heavy atom. The van der Waals surface area contributed by atoms with Crippen LogP contribution in [0.4, 0.5) is 5.69 Å². The predicted octanol–water partition coefficient (Wildman–Crippen LogP) is 4.37. The second-order valence-electron chi connectivity index (χ2n) is 7.87. The number of nitrogens with zero attached hydrogens (tertiary/aromatic N) is 1. The second kappa shape index (κ2) is 8.46. The normalized spacial score (nSPS) is 19.2. The molecule has 1 heterocycles. The average Bonchev–Trinajstić information content (AvgIpc) is 2.68. The highest BCUT2D eigenvalue weighted by Gasteiger charge is 2.26. The van der Waals surface area contributed by atoms with Gasteiger partial charge in [-0.05, 0) is 61.1 Å². The fourth-order valence-corrected chi connectivity index (χ4v) is 3.86. The van der Waals surface area contributed by atoms with E-state index < -0.39 is 0 Å². The molecule has 2 aromatic carbocycles. The van der Waals surface area contributed by atoms with E-state index in [9.17, 15) is 9.59 Å². The molecule has 2 atom stereocenters. The van der Waals surface area contributed by atoms with Gasteiger partial charge in [-0.25, -0.2) is 0 Å². The van der Waals surface area contributed by atoms with Gasteiger partial charge in [0.15, 0.2) is 0 Å². The molecule has 2 aromatic rings. The number of nitrogens with one attached hydrogen (secondary N) is 1. The third-order valence-corrected chi connectivity index (χ3v) is 5.22. The van der Waals surface area contributed by atoms with E-state index >= 15 is 0 Å². The van der Waals surface area contributed by atoms with Gasteiger partial charge in [-0.15, -0.1) is 0 Å². The van der Waals surface area contributed by atoms with Crippen LogP contribution in [-0.4, -0.2) is 36.9 Å². The highest BCUT2D eigenvalue weighted by Crippen LogP contribution is 2.25. The third-order valence-electron chi connectivity index (χ3n) is 5.22. The van der Waals surface area contributed by atoms with Crippen LogP contribution in [0, 0.1) is 18.8 Å². The molecule has 0 spiro atoms. The number of likely N-dealkylation sites (tertiary alicyclic amines) is 1. The number of carbonyl (C=O) groups excluding carboxylic acids is 2. The van der Waals surface area contributed by atoms with Gasteiger partial charge in [0, 0.05) is 29.9 Å². The van der Waals surface area contributed by atoms with Gasteiger partial charge in [-0.3, -0.25) is 9.59 Å². The van der Waals surface area contributed by atoms with Crippen LogP contribution in [0.25, 0.3) is 0 Å². The van der Waals surface area contributed by atoms with Gasteiger partial charge < -0.3 is 15.0 Å². The SMILES string of the molecule is COc1cccc(C(=O)Nc2cc(C(=O)N3CC(C)CC(C)C3)ccc2C)c1. The van der Waals surface area contributed by atoms with E-state index in [1.807, 2.05) is 24.0 Å². The molecule has 1 aliphatic heterocycles. The van der Waals surface area contributed by atoms with Crippen molar-refractivity contribution in [2.24, 2.45) is 11.8 Å². The number of hydrogen-bond acceptors (Lipinski definition) is 3. The van der Waals surface area contributed by atoms with Crippen LogP contribution in [0.5, 0.6) is 5.75 Å². The Labute approximate surface area is 166 Å². The van der Waals surface area contributed by atoms with Gasteiger partial charge in [-0.1, -0.05) is 26.0 Å². The molecule has 28 heavy (non-hydrogen) atoms. The van der Waals surface area contributed by atoms with Crippen LogP contribution >= 0.6 is 0 Å². The summed E-state index contributed by atoms with van der Waals surface area (Å²) in [4.78, 5) is 27.6. The largest absolute Gasteiger partial charge is 0.497 e. The summed E-state index contributed by atoms with van der Waals surface area (Å²) in [6.07, 6.45) is 1.15. The maximum absolute atomic E-state index is 13.0. The number of methoxy groups -OCH3 is 1. The van der Waals surface area contributed by atoms with Crippen molar-refractivity contribution in [1.82, 2.24) is 4.90 Å². The Balaban J connectivity index is 1.79.